The molecule has 0 bridgehead atoms. The van der Waals surface area contributed by atoms with E-state index in [0.717, 1.165) is 43.6 Å². The van der Waals surface area contributed by atoms with Gasteiger partial charge in [-0.25, -0.2) is 22.8 Å². The van der Waals surface area contributed by atoms with Gasteiger partial charge in [0.2, 0.25) is 5.95 Å². The minimum absolute atomic E-state index is 0.0161. The van der Waals surface area contributed by atoms with Crippen molar-refractivity contribution in [2.45, 2.75) is 38.3 Å². The molecule has 206 valence electrons. The number of aliphatic imine (C=N–C) groups is 1. The quantitative estimate of drug-likeness (QED) is 0.422. The summed E-state index contributed by atoms with van der Waals surface area (Å²) in [5.41, 5.74) is 0.773. The molecule has 1 aromatic carbocycles. The van der Waals surface area contributed by atoms with E-state index in [-0.39, 0.29) is 18.3 Å². The smallest absolute Gasteiger partial charge is 0.229 e. The maximum absolute atomic E-state index is 15.5. The van der Waals surface area contributed by atoms with Gasteiger partial charge in [-0.15, -0.1) is 0 Å². The van der Waals surface area contributed by atoms with Crippen LogP contribution in [0, 0.1) is 23.4 Å². The van der Waals surface area contributed by atoms with Crippen molar-refractivity contribution in [3.05, 3.63) is 53.2 Å². The summed E-state index contributed by atoms with van der Waals surface area (Å²) in [6, 6.07) is 1.18. The monoisotopic (exact) mass is 540 g/mol. The molecule has 3 aliphatic heterocycles. The van der Waals surface area contributed by atoms with E-state index in [2.05, 4.69) is 36.8 Å². The van der Waals surface area contributed by atoms with E-state index in [1.165, 1.54) is 23.7 Å². The Bertz CT molecular complexity index is 1400. The van der Waals surface area contributed by atoms with Crippen molar-refractivity contribution in [3.8, 4) is 0 Å². The fourth-order valence-corrected chi connectivity index (χ4v) is 5.36. The SMILES string of the molecule is Fc1cc(N2CCOCC2)c(F)c(Cn2ncc3cnc(NC4=CCC(CCC5CCNC5)N=C4)nc32)c1F. The number of anilines is 2. The van der Waals surface area contributed by atoms with Gasteiger partial charge >= 0.3 is 0 Å². The number of hydrogen-bond acceptors (Lipinski definition) is 8. The molecule has 2 saturated heterocycles. The van der Waals surface area contributed by atoms with E-state index in [4.69, 9.17) is 4.74 Å². The molecule has 0 saturated carbocycles. The van der Waals surface area contributed by atoms with Gasteiger partial charge in [0, 0.05) is 31.6 Å². The molecule has 12 heteroatoms. The van der Waals surface area contributed by atoms with Crippen LogP contribution < -0.4 is 15.5 Å². The Morgan fingerprint density at radius 3 is 2.74 bits per heavy atom. The standard InChI is InChI=1S/C27H31F3N8O/c28-22-11-23(37-7-9-39-10-8-37)25(30)21(24(22)29)16-38-26-18(14-34-38)13-33-27(36-26)35-20-4-3-19(32-15-20)2-1-17-5-6-31-12-17/h4,11,13-15,17,19,31H,1-3,5-10,12,16H2,(H,33,35,36). The maximum atomic E-state index is 15.5. The number of ether oxygens (including phenoxy) is 1. The Balaban J connectivity index is 1.17. The number of aromatic nitrogens is 4. The number of allylic oxidation sites excluding steroid dienone is 1. The zero-order valence-electron chi connectivity index (χ0n) is 21.5. The number of fused-ring (bicyclic) bond motifs is 1. The van der Waals surface area contributed by atoms with Gasteiger partial charge in [0.05, 0.1) is 54.3 Å². The van der Waals surface area contributed by atoms with Crippen LogP contribution >= 0.6 is 0 Å². The largest absolute Gasteiger partial charge is 0.378 e. The van der Waals surface area contributed by atoms with Crippen LogP contribution in [-0.2, 0) is 11.3 Å². The molecule has 5 heterocycles. The van der Waals surface area contributed by atoms with E-state index in [9.17, 15) is 8.78 Å². The Morgan fingerprint density at radius 2 is 1.97 bits per heavy atom. The molecule has 0 spiro atoms. The van der Waals surface area contributed by atoms with Crippen LogP contribution in [0.15, 0.2) is 35.2 Å². The number of halogens is 3. The third-order valence-corrected chi connectivity index (χ3v) is 7.63. The second-order valence-corrected chi connectivity index (χ2v) is 10.2. The molecule has 3 aromatic rings. The molecule has 2 aromatic heterocycles. The number of nitrogens with zero attached hydrogens (tertiary/aromatic N) is 6. The first-order valence-electron chi connectivity index (χ1n) is 13.4. The third-order valence-electron chi connectivity index (χ3n) is 7.63. The zero-order chi connectivity index (χ0) is 26.8. The lowest BCUT2D eigenvalue weighted by Gasteiger charge is -2.29. The van der Waals surface area contributed by atoms with Gasteiger partial charge in [0.1, 0.15) is 0 Å². The van der Waals surface area contributed by atoms with Crippen LogP contribution in [0.1, 0.15) is 31.2 Å². The van der Waals surface area contributed by atoms with Crippen molar-refractivity contribution in [3.63, 3.8) is 0 Å². The minimum Gasteiger partial charge on any atom is -0.378 e. The molecule has 0 aliphatic carbocycles. The van der Waals surface area contributed by atoms with E-state index in [1.54, 1.807) is 17.3 Å². The topological polar surface area (TPSA) is 92.5 Å². The molecule has 2 N–H and O–H groups in total. The Morgan fingerprint density at radius 1 is 1.10 bits per heavy atom. The van der Waals surface area contributed by atoms with Crippen LogP contribution in [0.5, 0.6) is 0 Å². The van der Waals surface area contributed by atoms with Crippen LogP contribution in [0.25, 0.3) is 11.0 Å². The van der Waals surface area contributed by atoms with E-state index >= 15 is 4.39 Å². The van der Waals surface area contributed by atoms with Gasteiger partial charge in [-0.2, -0.15) is 10.1 Å². The number of benzene rings is 1. The molecule has 0 amide bonds. The van der Waals surface area contributed by atoms with E-state index in [0.29, 0.717) is 43.3 Å². The molecule has 6 rings (SSSR count). The second-order valence-electron chi connectivity index (χ2n) is 10.2. The first kappa shape index (κ1) is 25.8. The summed E-state index contributed by atoms with van der Waals surface area (Å²) >= 11 is 0. The second kappa shape index (κ2) is 11.3. The molecule has 2 fully saturated rings. The highest BCUT2D eigenvalue weighted by Crippen LogP contribution is 2.29. The summed E-state index contributed by atoms with van der Waals surface area (Å²) in [5, 5.41) is 11.4. The van der Waals surface area contributed by atoms with Gasteiger partial charge in [0.25, 0.3) is 0 Å². The van der Waals surface area contributed by atoms with Crippen molar-refractivity contribution in [2.75, 3.05) is 49.6 Å². The van der Waals surface area contributed by atoms with Crippen molar-refractivity contribution < 1.29 is 17.9 Å². The molecule has 2 atom stereocenters. The summed E-state index contributed by atoms with van der Waals surface area (Å²) in [7, 11) is 0. The van der Waals surface area contributed by atoms with E-state index < -0.39 is 23.0 Å². The van der Waals surface area contributed by atoms with Crippen molar-refractivity contribution in [1.29, 1.82) is 0 Å². The highest BCUT2D eigenvalue weighted by Gasteiger charge is 2.25. The van der Waals surface area contributed by atoms with Gasteiger partial charge in [0.15, 0.2) is 23.1 Å². The highest BCUT2D eigenvalue weighted by molar-refractivity contribution is 5.84. The molecule has 3 aliphatic rings. The van der Waals surface area contributed by atoms with Crippen LogP contribution in [0.2, 0.25) is 0 Å². The summed E-state index contributed by atoms with van der Waals surface area (Å²) in [6.45, 7) is 3.46. The highest BCUT2D eigenvalue weighted by atomic mass is 19.2. The lowest BCUT2D eigenvalue weighted by molar-refractivity contribution is 0.122. The van der Waals surface area contributed by atoms with Crippen LogP contribution in [0.4, 0.5) is 24.8 Å². The molecular weight excluding hydrogens is 509 g/mol. The lowest BCUT2D eigenvalue weighted by Crippen LogP contribution is -2.37. The Labute approximate surface area is 224 Å². The lowest BCUT2D eigenvalue weighted by atomic mass is 9.97. The van der Waals surface area contributed by atoms with Crippen molar-refractivity contribution in [1.82, 2.24) is 25.1 Å². The van der Waals surface area contributed by atoms with Crippen molar-refractivity contribution in [2.24, 2.45) is 10.9 Å². The van der Waals surface area contributed by atoms with Crippen LogP contribution in [0.3, 0.4) is 0 Å². The van der Waals surface area contributed by atoms with E-state index in [1.807, 2.05) is 0 Å². The molecule has 39 heavy (non-hydrogen) atoms. The first-order chi connectivity index (χ1) is 19.0. The summed E-state index contributed by atoms with van der Waals surface area (Å²) in [6.07, 6.45) is 11.3. The van der Waals surface area contributed by atoms with Gasteiger partial charge in [-0.1, -0.05) is 6.08 Å². The fourth-order valence-electron chi connectivity index (χ4n) is 5.36. The summed E-state index contributed by atoms with van der Waals surface area (Å²) in [4.78, 5) is 15.2. The first-order valence-corrected chi connectivity index (χ1v) is 13.4. The third kappa shape index (κ3) is 5.62. The normalized spacial score (nSPS) is 21.5. The number of hydrogen-bond donors (Lipinski definition) is 2. The summed E-state index contributed by atoms with van der Waals surface area (Å²) in [5.74, 6) is -2.10. The van der Waals surface area contributed by atoms with Gasteiger partial charge < -0.3 is 20.3 Å². The average molecular weight is 541 g/mol. The predicted octanol–water partition coefficient (Wildman–Crippen LogP) is 3.66. The average Bonchev–Trinajstić information content (AvgIpc) is 3.63. The number of morpholine rings is 1. The molecule has 2 unspecified atom stereocenters. The maximum Gasteiger partial charge on any atom is 0.229 e. The van der Waals surface area contributed by atoms with Gasteiger partial charge in [-0.3, -0.25) is 4.99 Å². The molecular formula is C27H31F3N8O. The molecule has 9 nitrogen and oxygen atoms in total. The van der Waals surface area contributed by atoms with Gasteiger partial charge in [-0.05, 0) is 44.7 Å². The fraction of sp³-hybridized carbons (Fsp3) is 0.481. The van der Waals surface area contributed by atoms with Crippen LogP contribution in [-0.4, -0.2) is 71.4 Å². The number of dihydropyridines is 1. The minimum atomic E-state index is -1.23. The zero-order valence-corrected chi connectivity index (χ0v) is 21.5. The van der Waals surface area contributed by atoms with Crippen molar-refractivity contribution >= 4 is 28.9 Å². The number of nitrogens with one attached hydrogen (secondary N) is 2. The Hall–Kier alpha value is -3.51. The predicted molar refractivity (Wildman–Crippen MR) is 143 cm³/mol. The number of rotatable bonds is 8. The Kier molecular flexibility index (Phi) is 7.47. The summed E-state index contributed by atoms with van der Waals surface area (Å²) < 4.78 is 51.4. The molecule has 0 radical (unpaired) electrons.